The molecule has 3 aromatic rings. The molecule has 2 amide bonds. The van der Waals surface area contributed by atoms with Gasteiger partial charge in [0.2, 0.25) is 5.91 Å². The van der Waals surface area contributed by atoms with Crippen LogP contribution in [-0.4, -0.2) is 64.0 Å². The van der Waals surface area contributed by atoms with Crippen LogP contribution in [0.3, 0.4) is 0 Å². The molecular weight excluding hydrogens is 510 g/mol. The van der Waals surface area contributed by atoms with Crippen LogP contribution in [-0.2, 0) is 11.2 Å². The summed E-state index contributed by atoms with van der Waals surface area (Å²) in [4.78, 5) is 29.9. The van der Waals surface area contributed by atoms with E-state index in [2.05, 4.69) is 44.0 Å². The molecule has 1 N–H and O–H groups in total. The first-order chi connectivity index (χ1) is 19.7. The highest BCUT2D eigenvalue weighted by Gasteiger charge is 2.21. The van der Waals surface area contributed by atoms with Crippen LogP contribution in [0.4, 0.5) is 5.69 Å². The van der Waals surface area contributed by atoms with Crippen molar-refractivity contribution >= 4 is 23.0 Å². The highest BCUT2D eigenvalue weighted by molar-refractivity contribution is 5.96. The van der Waals surface area contributed by atoms with Gasteiger partial charge in [-0.05, 0) is 94.3 Å². The Kier molecular flexibility index (Phi) is 11.0. The van der Waals surface area contributed by atoms with Gasteiger partial charge in [0.1, 0.15) is 0 Å². The minimum absolute atomic E-state index is 0.0862. The number of anilines is 1. The number of fused-ring (bicyclic) bond motifs is 1. The van der Waals surface area contributed by atoms with Crippen LogP contribution in [0.2, 0.25) is 0 Å². The van der Waals surface area contributed by atoms with E-state index in [0.29, 0.717) is 11.8 Å². The Bertz CT molecular complexity index is 1280. The summed E-state index contributed by atoms with van der Waals surface area (Å²) in [5, 5.41) is 7.84. The summed E-state index contributed by atoms with van der Waals surface area (Å²) in [5.41, 5.74) is 5.64. The van der Waals surface area contributed by atoms with Gasteiger partial charge in [-0.25, -0.2) is 4.52 Å². The van der Waals surface area contributed by atoms with Gasteiger partial charge in [0.25, 0.3) is 5.91 Å². The van der Waals surface area contributed by atoms with Gasteiger partial charge in [-0.15, -0.1) is 0 Å². The van der Waals surface area contributed by atoms with Crippen molar-refractivity contribution < 1.29 is 9.59 Å². The van der Waals surface area contributed by atoms with Crippen LogP contribution < -0.4 is 5.32 Å². The molecule has 7 nitrogen and oxygen atoms in total. The maximum absolute atomic E-state index is 13.8. The van der Waals surface area contributed by atoms with Crippen LogP contribution in [0.1, 0.15) is 89.1 Å². The largest absolute Gasteiger partial charge is 0.339 e. The third kappa shape index (κ3) is 8.65. The standard InChI is InChI=1S/C34H49N5O2/c1-25(2)15-21-38(22-16-26(3)4)34(41)29-17-23-39-32(24-29)31(10-9-20-37-18-7-6-8-19-37)33(36-39)28-11-13-30(14-12-28)35-27(5)40/h11-14,17,23-26H,6-10,15-16,18-22H2,1-5H3,(H,35,40). The van der Waals surface area contributed by atoms with Crippen molar-refractivity contribution in [2.75, 3.05) is 38.0 Å². The Hall–Kier alpha value is -3.19. The van der Waals surface area contributed by atoms with Gasteiger partial charge in [-0.2, -0.15) is 5.10 Å². The van der Waals surface area contributed by atoms with Crippen LogP contribution in [0, 0.1) is 11.8 Å². The smallest absolute Gasteiger partial charge is 0.253 e. The summed E-state index contributed by atoms with van der Waals surface area (Å²) in [7, 11) is 0. The normalized spacial score (nSPS) is 14.2. The van der Waals surface area contributed by atoms with E-state index in [-0.39, 0.29) is 11.8 Å². The summed E-state index contributed by atoms with van der Waals surface area (Å²) in [6.07, 6.45) is 9.80. The molecule has 0 spiro atoms. The Labute approximate surface area is 246 Å². The quantitative estimate of drug-likeness (QED) is 0.247. The molecule has 41 heavy (non-hydrogen) atoms. The number of hydrogen-bond acceptors (Lipinski definition) is 4. The van der Waals surface area contributed by atoms with Crippen molar-refractivity contribution in [1.29, 1.82) is 0 Å². The number of aromatic nitrogens is 2. The summed E-state index contributed by atoms with van der Waals surface area (Å²) >= 11 is 0. The first-order valence-corrected chi connectivity index (χ1v) is 15.6. The Morgan fingerprint density at radius 2 is 1.61 bits per heavy atom. The number of benzene rings is 1. The van der Waals surface area contributed by atoms with Crippen LogP contribution in [0.25, 0.3) is 16.8 Å². The lowest BCUT2D eigenvalue weighted by Crippen LogP contribution is -2.34. The maximum Gasteiger partial charge on any atom is 0.253 e. The lowest BCUT2D eigenvalue weighted by atomic mass is 10.0. The Morgan fingerprint density at radius 1 is 0.951 bits per heavy atom. The zero-order valence-corrected chi connectivity index (χ0v) is 25.8. The van der Waals surface area contributed by atoms with Gasteiger partial charge in [-0.3, -0.25) is 9.59 Å². The molecule has 0 radical (unpaired) electrons. The fraction of sp³-hybridized carbons (Fsp3) is 0.559. The number of rotatable bonds is 13. The zero-order valence-electron chi connectivity index (χ0n) is 25.8. The highest BCUT2D eigenvalue weighted by atomic mass is 16.2. The number of pyridine rings is 1. The summed E-state index contributed by atoms with van der Waals surface area (Å²) in [5.74, 6) is 1.12. The Balaban J connectivity index is 1.65. The molecule has 7 heteroatoms. The van der Waals surface area contributed by atoms with E-state index in [1.807, 2.05) is 45.9 Å². The van der Waals surface area contributed by atoms with E-state index in [0.717, 1.165) is 73.3 Å². The average molecular weight is 560 g/mol. The molecule has 0 bridgehead atoms. The van der Waals surface area contributed by atoms with Gasteiger partial charge in [-0.1, -0.05) is 46.2 Å². The molecule has 0 saturated carbocycles. The molecule has 1 aliphatic rings. The fourth-order valence-corrected chi connectivity index (χ4v) is 5.61. The van der Waals surface area contributed by atoms with Crippen molar-refractivity contribution in [3.05, 3.63) is 53.7 Å². The summed E-state index contributed by atoms with van der Waals surface area (Å²) in [6.45, 7) is 15.4. The summed E-state index contributed by atoms with van der Waals surface area (Å²) < 4.78 is 1.93. The molecule has 4 rings (SSSR count). The fourth-order valence-electron chi connectivity index (χ4n) is 5.61. The highest BCUT2D eigenvalue weighted by Crippen LogP contribution is 2.30. The number of amides is 2. The number of aryl methyl sites for hydroxylation is 1. The van der Waals surface area contributed by atoms with Crippen molar-refractivity contribution in [3.8, 4) is 11.3 Å². The van der Waals surface area contributed by atoms with Crippen molar-refractivity contribution in [3.63, 3.8) is 0 Å². The number of piperidine rings is 1. The minimum atomic E-state index is -0.0862. The molecular formula is C34H49N5O2. The number of nitrogens with one attached hydrogen (secondary N) is 1. The number of carbonyl (C=O) groups is 2. The second-order valence-corrected chi connectivity index (χ2v) is 12.5. The molecule has 0 aliphatic carbocycles. The molecule has 222 valence electrons. The number of nitrogens with zero attached hydrogens (tertiary/aromatic N) is 4. The van der Waals surface area contributed by atoms with Gasteiger partial charge in [0.15, 0.2) is 0 Å². The molecule has 1 aliphatic heterocycles. The van der Waals surface area contributed by atoms with E-state index in [1.54, 1.807) is 0 Å². The first kappa shape index (κ1) is 30.8. The predicted octanol–water partition coefficient (Wildman–Crippen LogP) is 6.91. The van der Waals surface area contributed by atoms with E-state index >= 15 is 0 Å². The second kappa shape index (κ2) is 14.6. The van der Waals surface area contributed by atoms with Crippen molar-refractivity contribution in [2.45, 2.75) is 79.6 Å². The van der Waals surface area contributed by atoms with Gasteiger partial charge < -0.3 is 15.1 Å². The van der Waals surface area contributed by atoms with Crippen molar-refractivity contribution in [1.82, 2.24) is 19.4 Å². The van der Waals surface area contributed by atoms with Crippen molar-refractivity contribution in [2.24, 2.45) is 11.8 Å². The molecule has 1 aromatic carbocycles. The molecule has 0 atom stereocenters. The predicted molar refractivity (Wildman–Crippen MR) is 168 cm³/mol. The van der Waals surface area contributed by atoms with Gasteiger partial charge in [0, 0.05) is 48.6 Å². The van der Waals surface area contributed by atoms with Gasteiger partial charge in [0.05, 0.1) is 11.2 Å². The maximum atomic E-state index is 13.8. The monoisotopic (exact) mass is 559 g/mol. The third-order valence-electron chi connectivity index (χ3n) is 8.05. The molecule has 3 heterocycles. The third-order valence-corrected chi connectivity index (χ3v) is 8.05. The van der Waals surface area contributed by atoms with E-state index in [9.17, 15) is 9.59 Å². The topological polar surface area (TPSA) is 70.0 Å². The molecule has 1 fully saturated rings. The SMILES string of the molecule is CC(=O)Nc1ccc(-c2nn3ccc(C(=O)N(CCC(C)C)CCC(C)C)cc3c2CCCN2CCCCC2)cc1. The lowest BCUT2D eigenvalue weighted by Gasteiger charge is -2.26. The molecule has 0 unspecified atom stereocenters. The average Bonchev–Trinajstić information content (AvgIpc) is 3.31. The Morgan fingerprint density at radius 3 is 2.22 bits per heavy atom. The molecule has 1 saturated heterocycles. The summed E-state index contributed by atoms with van der Waals surface area (Å²) in [6, 6.07) is 11.9. The second-order valence-electron chi connectivity index (χ2n) is 12.5. The zero-order chi connectivity index (χ0) is 29.4. The van der Waals surface area contributed by atoms with Crippen LogP contribution >= 0.6 is 0 Å². The van der Waals surface area contributed by atoms with E-state index in [1.165, 1.54) is 44.8 Å². The number of carbonyl (C=O) groups excluding carboxylic acids is 2. The van der Waals surface area contributed by atoms with Crippen LogP contribution in [0.15, 0.2) is 42.6 Å². The first-order valence-electron chi connectivity index (χ1n) is 15.6. The van der Waals surface area contributed by atoms with E-state index < -0.39 is 0 Å². The lowest BCUT2D eigenvalue weighted by molar-refractivity contribution is -0.114. The van der Waals surface area contributed by atoms with E-state index in [4.69, 9.17) is 5.10 Å². The van der Waals surface area contributed by atoms with Gasteiger partial charge >= 0.3 is 0 Å². The number of hydrogen-bond donors (Lipinski definition) is 1. The number of likely N-dealkylation sites (tertiary alicyclic amines) is 1. The minimum Gasteiger partial charge on any atom is -0.339 e. The molecule has 2 aromatic heterocycles. The van der Waals surface area contributed by atoms with Crippen LogP contribution in [0.5, 0.6) is 0 Å².